The van der Waals surface area contributed by atoms with E-state index < -0.39 is 30.1 Å². The van der Waals surface area contributed by atoms with Gasteiger partial charge in [0.25, 0.3) is 0 Å². The summed E-state index contributed by atoms with van der Waals surface area (Å²) in [6, 6.07) is 0.0801. The zero-order valence-corrected chi connectivity index (χ0v) is 5.27. The molecule has 56 valence electrons. The Bertz CT molecular complexity index is 472. The summed E-state index contributed by atoms with van der Waals surface area (Å²) in [5.41, 5.74) is 0. The van der Waals surface area contributed by atoms with Crippen LogP contribution in [-0.4, -0.2) is 0 Å². The van der Waals surface area contributed by atoms with E-state index in [9.17, 15) is 4.39 Å². The van der Waals surface area contributed by atoms with Crippen LogP contribution in [0.5, 0.6) is 11.5 Å². The van der Waals surface area contributed by atoms with Crippen molar-refractivity contribution in [3.8, 4) is 11.5 Å². The van der Waals surface area contributed by atoms with Gasteiger partial charge in [0.1, 0.15) is 15.2 Å². The Morgan fingerprint density at radius 2 is 2.18 bits per heavy atom. The van der Waals surface area contributed by atoms with Crippen molar-refractivity contribution in [3.63, 3.8) is 0 Å². The van der Waals surface area contributed by atoms with E-state index in [0.29, 0.717) is 0 Å². The van der Waals surface area contributed by atoms with Gasteiger partial charge in [0.05, 0.1) is 2.74 Å². The summed E-state index contributed by atoms with van der Waals surface area (Å²) in [5.74, 6) is -1.64. The molecule has 1 aromatic carbocycles. The number of hydrogen-bond acceptors (Lipinski definition) is 2. The third kappa shape index (κ3) is 0.941. The molecular formula is C8H5FO2. The van der Waals surface area contributed by atoms with E-state index in [-0.39, 0.29) is 11.8 Å². The molecule has 1 aromatic rings. The molecule has 0 fully saturated rings. The highest BCUT2D eigenvalue weighted by molar-refractivity contribution is 5.42. The first-order valence-electron chi connectivity index (χ1n) is 4.83. The van der Waals surface area contributed by atoms with Crippen LogP contribution in [0.2, 0.25) is 0 Å². The van der Waals surface area contributed by atoms with Crippen LogP contribution in [0.4, 0.5) is 4.39 Å². The molecule has 0 saturated heterocycles. The third-order valence-corrected chi connectivity index (χ3v) is 1.16. The minimum Gasteiger partial charge on any atom is -0.458 e. The second kappa shape index (κ2) is 2.27. The van der Waals surface area contributed by atoms with Gasteiger partial charge < -0.3 is 9.47 Å². The summed E-state index contributed by atoms with van der Waals surface area (Å²) in [4.78, 5) is 0. The highest BCUT2D eigenvalue weighted by atomic mass is 19.1. The van der Waals surface area contributed by atoms with Gasteiger partial charge in [-0.25, -0.2) is 4.39 Å². The molecule has 0 atom stereocenters. The van der Waals surface area contributed by atoms with Gasteiger partial charge >= 0.3 is 0 Å². The summed E-state index contributed by atoms with van der Waals surface area (Å²) in [6.45, 7) is 0. The first-order valence-corrected chi connectivity index (χ1v) is 2.83. The van der Waals surface area contributed by atoms with Gasteiger partial charge in [-0.2, -0.15) is 0 Å². The highest BCUT2D eigenvalue weighted by Gasteiger charge is 2.11. The molecule has 3 heteroatoms. The van der Waals surface area contributed by atoms with Gasteiger partial charge in [-0.3, -0.25) is 0 Å². The maximum atomic E-state index is 13.4. The minimum absolute atomic E-state index is 0.158. The summed E-state index contributed by atoms with van der Waals surface area (Å²) in [7, 11) is 0. The number of hydrogen-bond donors (Lipinski definition) is 0. The Morgan fingerprint density at radius 3 is 3.09 bits per heavy atom. The number of ether oxygens (including phenoxy) is 2. The molecular weight excluding hydrogens is 147 g/mol. The van der Waals surface area contributed by atoms with E-state index in [2.05, 4.69) is 4.74 Å². The molecule has 11 heavy (non-hydrogen) atoms. The van der Waals surface area contributed by atoms with Gasteiger partial charge in [0.15, 0.2) is 11.6 Å². The van der Waals surface area contributed by atoms with Crippen molar-refractivity contribution >= 4 is 0 Å². The Hall–Kier alpha value is -1.51. The largest absolute Gasteiger partial charge is 0.458 e. The van der Waals surface area contributed by atoms with E-state index in [1.54, 1.807) is 0 Å². The predicted molar refractivity (Wildman–Crippen MR) is 36.8 cm³/mol. The number of benzene rings is 1. The second-order valence-corrected chi connectivity index (χ2v) is 1.83. The van der Waals surface area contributed by atoms with Crippen molar-refractivity contribution in [3.05, 3.63) is 36.4 Å². The molecule has 2 rings (SSSR count). The topological polar surface area (TPSA) is 18.5 Å². The molecule has 0 N–H and O–H groups in total. The van der Waals surface area contributed by atoms with Gasteiger partial charge in [0.2, 0.25) is 5.75 Å². The fraction of sp³-hybridized carbons (Fsp3) is 0. The van der Waals surface area contributed by atoms with Crippen LogP contribution in [0, 0.1) is 5.82 Å². The van der Waals surface area contributed by atoms with Crippen LogP contribution in [0.25, 0.3) is 0 Å². The fourth-order valence-electron chi connectivity index (χ4n) is 0.714. The molecule has 0 bridgehead atoms. The number of fused-ring (bicyclic) bond motifs is 1. The van der Waals surface area contributed by atoms with Crippen molar-refractivity contribution in [1.82, 2.24) is 0 Å². The van der Waals surface area contributed by atoms with Gasteiger partial charge in [-0.05, 0) is 12.1 Å². The predicted octanol–water partition coefficient (Wildman–Crippen LogP) is 2.07. The lowest BCUT2D eigenvalue weighted by Gasteiger charge is -2.11. The first-order chi connectivity index (χ1) is 7.00. The van der Waals surface area contributed by atoms with Crippen LogP contribution in [0.15, 0.2) is 30.6 Å². The molecule has 0 aromatic heterocycles. The number of rotatable bonds is 0. The summed E-state index contributed by atoms with van der Waals surface area (Å²) >= 11 is 0. The molecule has 1 heterocycles. The lowest BCUT2D eigenvalue weighted by molar-refractivity contribution is 0.344. The molecule has 0 spiro atoms. The molecule has 1 aliphatic rings. The Morgan fingerprint density at radius 1 is 1.36 bits per heavy atom. The van der Waals surface area contributed by atoms with Crippen LogP contribution in [0.3, 0.4) is 0 Å². The van der Waals surface area contributed by atoms with Gasteiger partial charge in [-0.15, -0.1) is 0 Å². The molecule has 0 radical (unpaired) electrons. The maximum Gasteiger partial charge on any atom is 0.204 e. The Labute approximate surface area is 68.5 Å². The van der Waals surface area contributed by atoms with Crippen molar-refractivity contribution in [2.45, 2.75) is 0 Å². The van der Waals surface area contributed by atoms with E-state index in [1.807, 2.05) is 0 Å². The molecule has 0 saturated carbocycles. The fourth-order valence-corrected chi connectivity index (χ4v) is 0.714. The third-order valence-electron chi connectivity index (χ3n) is 1.16. The van der Waals surface area contributed by atoms with E-state index in [0.717, 1.165) is 6.07 Å². The SMILES string of the molecule is [2H]C1=C([2H])Oc2c(cc([2H])c([2H])c2F)O1. The average molecular weight is 156 g/mol. The zero-order chi connectivity index (χ0) is 11.2. The van der Waals surface area contributed by atoms with Crippen molar-refractivity contribution in [2.75, 3.05) is 0 Å². The normalized spacial score (nSPS) is 20.1. The molecule has 2 nitrogen and oxygen atoms in total. The van der Waals surface area contributed by atoms with Crippen molar-refractivity contribution in [2.24, 2.45) is 0 Å². The van der Waals surface area contributed by atoms with Crippen molar-refractivity contribution < 1.29 is 19.3 Å². The average Bonchev–Trinajstić information content (AvgIpc) is 2.19. The lowest BCUT2D eigenvalue weighted by atomic mass is 10.3. The molecule has 1 aliphatic heterocycles. The molecule has 0 amide bonds. The Kier molecular flexibility index (Phi) is 0.672. The second-order valence-electron chi connectivity index (χ2n) is 1.83. The summed E-state index contributed by atoms with van der Waals surface area (Å²) < 4.78 is 51.4. The van der Waals surface area contributed by atoms with E-state index in [4.69, 9.17) is 10.2 Å². The van der Waals surface area contributed by atoms with Crippen LogP contribution < -0.4 is 9.47 Å². The van der Waals surface area contributed by atoms with Crippen LogP contribution in [0.1, 0.15) is 5.48 Å². The van der Waals surface area contributed by atoms with E-state index >= 15 is 0 Å². The quantitative estimate of drug-likeness (QED) is 0.572. The maximum absolute atomic E-state index is 13.4. The number of halogens is 1. The standard InChI is InChI=1S/C8H5FO2/c9-6-2-1-3-7-8(6)11-5-4-10-7/h1-5H/i1D,2D,4D,5D. The minimum atomic E-state index is -1.06. The van der Waals surface area contributed by atoms with Crippen LogP contribution >= 0.6 is 0 Å². The first kappa shape index (κ1) is 3.26. The van der Waals surface area contributed by atoms with Gasteiger partial charge in [0, 0.05) is 0 Å². The smallest absolute Gasteiger partial charge is 0.204 e. The zero-order valence-electron chi connectivity index (χ0n) is 9.27. The van der Waals surface area contributed by atoms with E-state index in [1.165, 1.54) is 0 Å². The monoisotopic (exact) mass is 156 g/mol. The van der Waals surface area contributed by atoms with Gasteiger partial charge in [-0.1, -0.05) is 6.04 Å². The van der Waals surface area contributed by atoms with Crippen molar-refractivity contribution in [1.29, 1.82) is 0 Å². The van der Waals surface area contributed by atoms with Crippen LogP contribution in [-0.2, 0) is 0 Å². The molecule has 0 unspecified atom stereocenters. The molecule has 0 aliphatic carbocycles. The highest BCUT2D eigenvalue weighted by Crippen LogP contribution is 2.32. The summed E-state index contributed by atoms with van der Waals surface area (Å²) in [6.07, 6.45) is -1.18. The Balaban J connectivity index is 2.60. The lowest BCUT2D eigenvalue weighted by Crippen LogP contribution is -1.97. The summed E-state index contributed by atoms with van der Waals surface area (Å²) in [5, 5.41) is 0. The number of para-hydroxylation sites is 1.